The van der Waals surface area contributed by atoms with E-state index in [1.807, 2.05) is 13.0 Å². The number of benzene rings is 1. The summed E-state index contributed by atoms with van der Waals surface area (Å²) < 4.78 is 0. The van der Waals surface area contributed by atoms with Crippen LogP contribution in [-0.4, -0.2) is 43.0 Å². The van der Waals surface area contributed by atoms with Gasteiger partial charge in [-0.3, -0.25) is 9.69 Å². The number of rotatable bonds is 7. The van der Waals surface area contributed by atoms with Crippen LogP contribution in [0.1, 0.15) is 37.0 Å². The third-order valence-corrected chi connectivity index (χ3v) is 4.20. The fourth-order valence-corrected chi connectivity index (χ4v) is 2.54. The second-order valence-electron chi connectivity index (χ2n) is 5.68. The van der Waals surface area contributed by atoms with Crippen molar-refractivity contribution in [3.8, 4) is 0 Å². The molecule has 1 fully saturated rings. The molecule has 4 nitrogen and oxygen atoms in total. The van der Waals surface area contributed by atoms with E-state index in [0.29, 0.717) is 29.2 Å². The highest BCUT2D eigenvalue weighted by molar-refractivity contribution is 6.31. The van der Waals surface area contributed by atoms with Crippen LogP contribution in [0.15, 0.2) is 18.2 Å². The fourth-order valence-electron chi connectivity index (χ4n) is 2.37. The summed E-state index contributed by atoms with van der Waals surface area (Å²) >= 11 is 6.01. The maximum Gasteiger partial charge on any atom is 0.253 e. The number of nitrogens with one attached hydrogen (secondary N) is 2. The first kappa shape index (κ1) is 16.1. The summed E-state index contributed by atoms with van der Waals surface area (Å²) in [5, 5.41) is 6.78. The lowest BCUT2D eigenvalue weighted by atomic mass is 10.1. The van der Waals surface area contributed by atoms with Gasteiger partial charge < -0.3 is 10.6 Å². The predicted octanol–water partition coefficient (Wildman–Crippen LogP) is 2.98. The molecular formula is C16H24ClN3O. The van der Waals surface area contributed by atoms with Gasteiger partial charge in [-0.15, -0.1) is 0 Å². The first-order valence-corrected chi connectivity index (χ1v) is 7.94. The summed E-state index contributed by atoms with van der Waals surface area (Å²) in [4.78, 5) is 14.7. The molecule has 1 amide bonds. The molecule has 0 aliphatic heterocycles. The molecule has 1 aliphatic carbocycles. The molecule has 0 bridgehead atoms. The van der Waals surface area contributed by atoms with Crippen LogP contribution in [0.2, 0.25) is 5.02 Å². The summed E-state index contributed by atoms with van der Waals surface area (Å²) in [5.41, 5.74) is 1.42. The number of carbonyl (C=O) groups is 1. The highest BCUT2D eigenvalue weighted by Crippen LogP contribution is 2.26. The molecule has 2 rings (SSSR count). The van der Waals surface area contributed by atoms with Gasteiger partial charge in [0, 0.05) is 35.9 Å². The smallest absolute Gasteiger partial charge is 0.253 e. The maximum atomic E-state index is 12.4. The number of amides is 1. The van der Waals surface area contributed by atoms with Crippen molar-refractivity contribution in [2.45, 2.75) is 38.8 Å². The van der Waals surface area contributed by atoms with Gasteiger partial charge >= 0.3 is 0 Å². The minimum Gasteiger partial charge on any atom is -0.385 e. The minimum absolute atomic E-state index is 0.0792. The molecule has 1 atom stereocenters. The van der Waals surface area contributed by atoms with Gasteiger partial charge in [-0.25, -0.2) is 0 Å². The van der Waals surface area contributed by atoms with Crippen LogP contribution >= 0.6 is 11.6 Å². The van der Waals surface area contributed by atoms with Gasteiger partial charge in [0.25, 0.3) is 5.91 Å². The summed E-state index contributed by atoms with van der Waals surface area (Å²) in [6.07, 6.45) is 2.54. The Morgan fingerprint density at radius 1 is 1.48 bits per heavy atom. The Labute approximate surface area is 131 Å². The zero-order chi connectivity index (χ0) is 15.4. The molecule has 0 spiro atoms. The Hall–Kier alpha value is -1.26. The Kier molecular flexibility index (Phi) is 5.48. The molecule has 5 heteroatoms. The summed E-state index contributed by atoms with van der Waals surface area (Å²) in [7, 11) is 2.12. The number of anilines is 1. The quantitative estimate of drug-likeness (QED) is 0.814. The summed E-state index contributed by atoms with van der Waals surface area (Å²) in [6, 6.07) is 6.38. The molecule has 21 heavy (non-hydrogen) atoms. The molecule has 1 aromatic carbocycles. The topological polar surface area (TPSA) is 44.4 Å². The van der Waals surface area contributed by atoms with Crippen LogP contribution in [0.3, 0.4) is 0 Å². The van der Waals surface area contributed by atoms with Crippen molar-refractivity contribution in [1.82, 2.24) is 10.2 Å². The molecule has 1 saturated carbocycles. The molecule has 2 N–H and O–H groups in total. The van der Waals surface area contributed by atoms with E-state index in [2.05, 4.69) is 29.5 Å². The van der Waals surface area contributed by atoms with Crippen molar-refractivity contribution in [2.24, 2.45) is 0 Å². The molecular weight excluding hydrogens is 286 g/mol. The lowest BCUT2D eigenvalue weighted by molar-refractivity contribution is 0.0940. The molecule has 1 aliphatic rings. The van der Waals surface area contributed by atoms with Crippen LogP contribution in [0.5, 0.6) is 0 Å². The highest BCUT2D eigenvalue weighted by atomic mass is 35.5. The lowest BCUT2D eigenvalue weighted by Gasteiger charge is -2.24. The second-order valence-corrected chi connectivity index (χ2v) is 6.11. The van der Waals surface area contributed by atoms with Crippen molar-refractivity contribution in [1.29, 1.82) is 0 Å². The van der Waals surface area contributed by atoms with E-state index in [1.54, 1.807) is 12.1 Å². The molecule has 0 aromatic heterocycles. The number of carbonyl (C=O) groups excluding carboxylic acids is 1. The van der Waals surface area contributed by atoms with Gasteiger partial charge in [-0.05, 0) is 51.9 Å². The monoisotopic (exact) mass is 309 g/mol. The normalized spacial score (nSPS) is 15.9. The number of halogens is 1. The van der Waals surface area contributed by atoms with E-state index in [4.69, 9.17) is 11.6 Å². The SMILES string of the molecule is CCNc1ccc(Cl)cc1C(=O)NCC(C)N(C)C1CC1. The zero-order valence-electron chi connectivity index (χ0n) is 12.9. The van der Waals surface area contributed by atoms with E-state index < -0.39 is 0 Å². The first-order chi connectivity index (χ1) is 10.0. The third-order valence-electron chi connectivity index (χ3n) is 3.97. The summed E-state index contributed by atoms with van der Waals surface area (Å²) in [6.45, 7) is 5.55. The molecule has 1 aromatic rings. The van der Waals surface area contributed by atoms with Crippen molar-refractivity contribution in [3.05, 3.63) is 28.8 Å². The Bertz CT molecular complexity index is 502. The van der Waals surface area contributed by atoms with Crippen molar-refractivity contribution in [3.63, 3.8) is 0 Å². The Morgan fingerprint density at radius 2 is 2.19 bits per heavy atom. The summed E-state index contributed by atoms with van der Waals surface area (Å²) in [5.74, 6) is -0.0792. The Balaban J connectivity index is 1.97. The van der Waals surface area contributed by atoms with Crippen LogP contribution in [-0.2, 0) is 0 Å². The van der Waals surface area contributed by atoms with Crippen LogP contribution in [0, 0.1) is 0 Å². The van der Waals surface area contributed by atoms with Crippen LogP contribution < -0.4 is 10.6 Å². The molecule has 0 saturated heterocycles. The molecule has 116 valence electrons. The van der Waals surface area contributed by atoms with Gasteiger partial charge in [0.2, 0.25) is 0 Å². The molecule has 1 unspecified atom stereocenters. The standard InChI is InChI=1S/C16H24ClN3O/c1-4-18-15-8-5-12(17)9-14(15)16(21)19-10-11(2)20(3)13-6-7-13/h5,8-9,11,13,18H,4,6-7,10H2,1-3H3,(H,19,21). The van der Waals surface area contributed by atoms with Crippen molar-refractivity contribution < 1.29 is 4.79 Å². The zero-order valence-corrected chi connectivity index (χ0v) is 13.7. The van der Waals surface area contributed by atoms with Crippen molar-refractivity contribution in [2.75, 3.05) is 25.5 Å². The van der Waals surface area contributed by atoms with Crippen LogP contribution in [0.25, 0.3) is 0 Å². The van der Waals surface area contributed by atoms with E-state index in [0.717, 1.165) is 12.2 Å². The van der Waals surface area contributed by atoms with Crippen LogP contribution in [0.4, 0.5) is 5.69 Å². The number of likely N-dealkylation sites (N-methyl/N-ethyl adjacent to an activating group) is 1. The van der Waals surface area contributed by atoms with E-state index >= 15 is 0 Å². The number of hydrogen-bond donors (Lipinski definition) is 2. The second kappa shape index (κ2) is 7.14. The van der Waals surface area contributed by atoms with Gasteiger partial charge in [0.05, 0.1) is 5.56 Å². The first-order valence-electron chi connectivity index (χ1n) is 7.56. The predicted molar refractivity (Wildman–Crippen MR) is 88.2 cm³/mol. The Morgan fingerprint density at radius 3 is 2.81 bits per heavy atom. The van der Waals surface area contributed by atoms with Gasteiger partial charge in [-0.2, -0.15) is 0 Å². The van der Waals surface area contributed by atoms with E-state index in [1.165, 1.54) is 12.8 Å². The fraction of sp³-hybridized carbons (Fsp3) is 0.562. The number of hydrogen-bond acceptors (Lipinski definition) is 3. The largest absolute Gasteiger partial charge is 0.385 e. The van der Waals surface area contributed by atoms with E-state index in [9.17, 15) is 4.79 Å². The average molecular weight is 310 g/mol. The average Bonchev–Trinajstić information content (AvgIpc) is 3.30. The van der Waals surface area contributed by atoms with Gasteiger partial charge in [0.15, 0.2) is 0 Å². The maximum absolute atomic E-state index is 12.4. The van der Waals surface area contributed by atoms with Gasteiger partial charge in [0.1, 0.15) is 0 Å². The van der Waals surface area contributed by atoms with Crippen molar-refractivity contribution >= 4 is 23.2 Å². The van der Waals surface area contributed by atoms with E-state index in [-0.39, 0.29) is 5.91 Å². The number of nitrogens with zero attached hydrogens (tertiary/aromatic N) is 1. The minimum atomic E-state index is -0.0792. The highest BCUT2D eigenvalue weighted by Gasteiger charge is 2.29. The lowest BCUT2D eigenvalue weighted by Crippen LogP contribution is -2.41. The third kappa shape index (κ3) is 4.35. The molecule has 0 radical (unpaired) electrons. The molecule has 0 heterocycles. The van der Waals surface area contributed by atoms with Gasteiger partial charge in [-0.1, -0.05) is 11.6 Å².